The lowest BCUT2D eigenvalue weighted by Gasteiger charge is -2.09. The summed E-state index contributed by atoms with van der Waals surface area (Å²) in [6.45, 7) is -2.20. The normalized spacial score (nSPS) is 19.9. The summed E-state index contributed by atoms with van der Waals surface area (Å²) >= 11 is 0. The Morgan fingerprint density at radius 2 is 2.00 bits per heavy atom. The molecule has 1 heterocycles. The van der Waals surface area contributed by atoms with E-state index < -0.39 is 6.61 Å². The fraction of sp³-hybridized carbons (Fsp3) is 0.364. The first kappa shape index (κ1) is 10.9. The first-order valence-corrected chi connectivity index (χ1v) is 4.96. The second-order valence-corrected chi connectivity index (χ2v) is 3.65. The Kier molecular flexibility index (Phi) is 3.03. The van der Waals surface area contributed by atoms with Gasteiger partial charge in [0.05, 0.1) is 0 Å². The molecule has 1 aromatic rings. The maximum atomic E-state index is 11.9. The summed E-state index contributed by atoms with van der Waals surface area (Å²) < 4.78 is 28.0. The molecular weight excluding hydrogens is 216 g/mol. The molecule has 16 heavy (non-hydrogen) atoms. The monoisotopic (exact) mass is 227 g/mol. The van der Waals surface area contributed by atoms with Crippen molar-refractivity contribution < 1.29 is 18.3 Å². The average molecular weight is 227 g/mol. The summed E-state index contributed by atoms with van der Waals surface area (Å²) in [5.41, 5.74) is 0.958. The average Bonchev–Trinajstić information content (AvgIpc) is 2.65. The first-order chi connectivity index (χ1) is 7.65. The highest BCUT2D eigenvalue weighted by atomic mass is 19.3. The Labute approximate surface area is 91.4 Å². The van der Waals surface area contributed by atoms with Crippen molar-refractivity contribution in [2.24, 2.45) is 0 Å². The number of amides is 1. The molecule has 0 spiro atoms. The van der Waals surface area contributed by atoms with Crippen LogP contribution in [0.3, 0.4) is 0 Å². The van der Waals surface area contributed by atoms with Crippen LogP contribution in [0.5, 0.6) is 5.75 Å². The Bertz CT molecular complexity index is 378. The molecule has 0 saturated carbocycles. The van der Waals surface area contributed by atoms with E-state index in [9.17, 15) is 13.6 Å². The van der Waals surface area contributed by atoms with E-state index in [0.29, 0.717) is 13.0 Å². The second kappa shape index (κ2) is 4.47. The predicted octanol–water partition coefficient (Wildman–Crippen LogP) is 1.89. The minimum absolute atomic E-state index is 0.0258. The number of ether oxygens (including phenoxy) is 1. The zero-order valence-corrected chi connectivity index (χ0v) is 8.45. The quantitative estimate of drug-likeness (QED) is 0.856. The van der Waals surface area contributed by atoms with Crippen molar-refractivity contribution in [3.05, 3.63) is 29.8 Å². The van der Waals surface area contributed by atoms with Crippen LogP contribution in [0.15, 0.2) is 24.3 Å². The molecule has 0 aromatic heterocycles. The van der Waals surface area contributed by atoms with Crippen LogP contribution in [0.4, 0.5) is 8.78 Å². The van der Waals surface area contributed by atoms with Crippen LogP contribution in [0.2, 0.25) is 0 Å². The van der Waals surface area contributed by atoms with E-state index in [2.05, 4.69) is 10.1 Å². The largest absolute Gasteiger partial charge is 0.435 e. The number of benzene rings is 1. The number of alkyl halides is 2. The van der Waals surface area contributed by atoms with Crippen LogP contribution < -0.4 is 10.1 Å². The van der Waals surface area contributed by atoms with E-state index in [0.717, 1.165) is 5.56 Å². The van der Waals surface area contributed by atoms with Gasteiger partial charge >= 0.3 is 6.61 Å². The van der Waals surface area contributed by atoms with E-state index in [4.69, 9.17) is 0 Å². The lowest BCUT2D eigenvalue weighted by atomic mass is 9.98. The van der Waals surface area contributed by atoms with Crippen molar-refractivity contribution in [2.75, 3.05) is 6.54 Å². The third-order valence-electron chi connectivity index (χ3n) is 2.55. The van der Waals surface area contributed by atoms with Crippen LogP contribution >= 0.6 is 0 Å². The summed E-state index contributed by atoms with van der Waals surface area (Å²) in [6.07, 6.45) is 0.453. The Morgan fingerprint density at radius 3 is 2.50 bits per heavy atom. The third-order valence-corrected chi connectivity index (χ3v) is 2.55. The van der Waals surface area contributed by atoms with E-state index in [-0.39, 0.29) is 17.6 Å². The van der Waals surface area contributed by atoms with Gasteiger partial charge in [-0.05, 0) is 17.7 Å². The van der Waals surface area contributed by atoms with Crippen molar-refractivity contribution in [1.29, 1.82) is 0 Å². The van der Waals surface area contributed by atoms with Crippen molar-refractivity contribution in [3.8, 4) is 5.75 Å². The van der Waals surface area contributed by atoms with Crippen molar-refractivity contribution in [3.63, 3.8) is 0 Å². The molecule has 1 unspecified atom stereocenters. The molecule has 1 N–H and O–H groups in total. The Hall–Kier alpha value is -1.65. The number of carbonyl (C=O) groups excluding carboxylic acids is 1. The highest BCUT2D eigenvalue weighted by molar-refractivity contribution is 5.79. The molecule has 1 aliphatic heterocycles. The molecule has 0 bridgehead atoms. The van der Waals surface area contributed by atoms with E-state index in [1.165, 1.54) is 12.1 Å². The Balaban J connectivity index is 2.04. The van der Waals surface area contributed by atoms with Gasteiger partial charge in [0, 0.05) is 18.9 Å². The highest BCUT2D eigenvalue weighted by Crippen LogP contribution is 2.25. The SMILES string of the molecule is O=C1CC(c2ccc(OC(F)F)cc2)CN1. The summed E-state index contributed by atoms with van der Waals surface area (Å²) in [6, 6.07) is 6.40. The van der Waals surface area contributed by atoms with Gasteiger partial charge in [-0.15, -0.1) is 0 Å². The van der Waals surface area contributed by atoms with E-state index >= 15 is 0 Å². The highest BCUT2D eigenvalue weighted by Gasteiger charge is 2.22. The molecular formula is C11H11F2NO2. The number of halogens is 2. The van der Waals surface area contributed by atoms with Crippen LogP contribution in [-0.2, 0) is 4.79 Å². The van der Waals surface area contributed by atoms with Crippen molar-refractivity contribution >= 4 is 5.91 Å². The van der Waals surface area contributed by atoms with E-state index in [1.54, 1.807) is 12.1 Å². The number of carbonyl (C=O) groups is 1. The maximum absolute atomic E-state index is 11.9. The van der Waals surface area contributed by atoms with Gasteiger partial charge in [-0.25, -0.2) is 0 Å². The minimum Gasteiger partial charge on any atom is -0.435 e. The van der Waals surface area contributed by atoms with Gasteiger partial charge in [-0.2, -0.15) is 8.78 Å². The lowest BCUT2D eigenvalue weighted by Crippen LogP contribution is -2.13. The standard InChI is InChI=1S/C11H11F2NO2/c12-11(13)16-9-3-1-7(2-4-9)8-5-10(15)14-6-8/h1-4,8,11H,5-6H2,(H,14,15). The van der Waals surface area contributed by atoms with Gasteiger partial charge in [-0.3, -0.25) is 4.79 Å². The number of hydrogen-bond acceptors (Lipinski definition) is 2. The van der Waals surface area contributed by atoms with Crippen LogP contribution in [0.25, 0.3) is 0 Å². The summed E-state index contributed by atoms with van der Waals surface area (Å²) in [4.78, 5) is 11.0. The van der Waals surface area contributed by atoms with Crippen LogP contribution in [0.1, 0.15) is 17.9 Å². The van der Waals surface area contributed by atoms with Crippen LogP contribution in [-0.4, -0.2) is 19.1 Å². The molecule has 1 aliphatic rings. The van der Waals surface area contributed by atoms with Crippen molar-refractivity contribution in [1.82, 2.24) is 5.32 Å². The molecule has 5 heteroatoms. The maximum Gasteiger partial charge on any atom is 0.387 e. The van der Waals surface area contributed by atoms with Crippen molar-refractivity contribution in [2.45, 2.75) is 19.0 Å². The summed E-state index contributed by atoms with van der Waals surface area (Å²) in [5, 5.41) is 2.72. The molecule has 1 fully saturated rings. The number of hydrogen-bond donors (Lipinski definition) is 1. The number of nitrogens with one attached hydrogen (secondary N) is 1. The molecule has 1 amide bonds. The molecule has 86 valence electrons. The molecule has 1 aromatic carbocycles. The lowest BCUT2D eigenvalue weighted by molar-refractivity contribution is -0.119. The van der Waals surface area contributed by atoms with Gasteiger partial charge in [0.15, 0.2) is 0 Å². The minimum atomic E-state index is -2.81. The second-order valence-electron chi connectivity index (χ2n) is 3.65. The zero-order chi connectivity index (χ0) is 11.5. The topological polar surface area (TPSA) is 38.3 Å². The molecule has 2 rings (SSSR count). The summed E-state index contributed by atoms with van der Waals surface area (Å²) in [5.74, 6) is 0.294. The molecule has 1 saturated heterocycles. The Morgan fingerprint density at radius 1 is 1.31 bits per heavy atom. The fourth-order valence-corrected chi connectivity index (χ4v) is 1.76. The molecule has 0 radical (unpaired) electrons. The van der Waals surface area contributed by atoms with Gasteiger partial charge in [0.25, 0.3) is 0 Å². The van der Waals surface area contributed by atoms with Crippen LogP contribution in [0, 0.1) is 0 Å². The zero-order valence-electron chi connectivity index (χ0n) is 8.45. The third kappa shape index (κ3) is 2.48. The molecule has 0 aliphatic carbocycles. The smallest absolute Gasteiger partial charge is 0.387 e. The fourth-order valence-electron chi connectivity index (χ4n) is 1.76. The summed E-state index contributed by atoms with van der Waals surface area (Å²) in [7, 11) is 0. The van der Waals surface area contributed by atoms with Gasteiger partial charge < -0.3 is 10.1 Å². The first-order valence-electron chi connectivity index (χ1n) is 4.96. The number of rotatable bonds is 3. The van der Waals surface area contributed by atoms with E-state index in [1.807, 2.05) is 0 Å². The molecule has 3 nitrogen and oxygen atoms in total. The van der Waals surface area contributed by atoms with Gasteiger partial charge in [0.1, 0.15) is 5.75 Å². The van der Waals surface area contributed by atoms with Gasteiger partial charge in [-0.1, -0.05) is 12.1 Å². The van der Waals surface area contributed by atoms with Gasteiger partial charge in [0.2, 0.25) is 5.91 Å². The predicted molar refractivity (Wildman–Crippen MR) is 53.4 cm³/mol. The molecule has 1 atom stereocenters.